The van der Waals surface area contributed by atoms with E-state index in [2.05, 4.69) is 4.74 Å². The van der Waals surface area contributed by atoms with Crippen LogP contribution in [-0.2, 0) is 4.74 Å². The summed E-state index contributed by atoms with van der Waals surface area (Å²) < 4.78 is 9.59. The lowest BCUT2D eigenvalue weighted by Crippen LogP contribution is -2.04. The van der Waals surface area contributed by atoms with E-state index in [4.69, 9.17) is 4.74 Å². The minimum atomic E-state index is -1.56. The Bertz CT molecular complexity index is 519. The number of aliphatic hydroxyl groups is 1. The molecule has 17 heavy (non-hydrogen) atoms. The predicted octanol–water partition coefficient (Wildman–Crippen LogP) is 0.683. The van der Waals surface area contributed by atoms with Crippen molar-refractivity contribution in [2.24, 2.45) is 0 Å². The molecule has 1 aliphatic heterocycles. The number of aliphatic hydroxyl groups excluding tert-OH is 1. The Morgan fingerprint density at radius 1 is 1.47 bits per heavy atom. The summed E-state index contributed by atoms with van der Waals surface area (Å²) in [4.78, 5) is 22.4. The number of methoxy groups -OCH3 is 1. The summed E-state index contributed by atoms with van der Waals surface area (Å²) in [7, 11) is 1.32. The van der Waals surface area contributed by atoms with Crippen molar-refractivity contribution >= 4 is 12.3 Å². The molecule has 0 unspecified atom stereocenters. The van der Waals surface area contributed by atoms with Crippen LogP contribution in [0.25, 0.3) is 0 Å². The van der Waals surface area contributed by atoms with E-state index in [1.807, 2.05) is 0 Å². The zero-order chi connectivity index (χ0) is 12.7. The molecule has 90 valence electrons. The van der Waals surface area contributed by atoms with Crippen LogP contribution in [0.15, 0.2) is 0 Å². The molecule has 1 aromatic rings. The Hall–Kier alpha value is -2.08. The first kappa shape index (κ1) is 11.4. The average Bonchev–Trinajstić information content (AvgIpc) is 2.57. The predicted molar refractivity (Wildman–Crippen MR) is 55.2 cm³/mol. The highest BCUT2D eigenvalue weighted by Crippen LogP contribution is 2.44. The maximum absolute atomic E-state index is 11.5. The topological polar surface area (TPSA) is 93.1 Å². The number of hydrogen-bond donors (Lipinski definition) is 2. The van der Waals surface area contributed by atoms with E-state index < -0.39 is 12.3 Å². The van der Waals surface area contributed by atoms with Crippen molar-refractivity contribution in [1.82, 2.24) is 0 Å². The molecule has 0 amide bonds. The quantitative estimate of drug-likeness (QED) is 0.581. The van der Waals surface area contributed by atoms with E-state index in [0.29, 0.717) is 6.29 Å². The number of rotatable bonds is 2. The van der Waals surface area contributed by atoms with Crippen molar-refractivity contribution in [2.75, 3.05) is 7.11 Å². The van der Waals surface area contributed by atoms with Gasteiger partial charge in [-0.05, 0) is 6.92 Å². The molecule has 0 spiro atoms. The van der Waals surface area contributed by atoms with Crippen molar-refractivity contribution in [3.05, 3.63) is 22.3 Å². The highest BCUT2D eigenvalue weighted by atomic mass is 16.6. The first-order valence-corrected chi connectivity index (χ1v) is 4.80. The van der Waals surface area contributed by atoms with Crippen molar-refractivity contribution in [2.45, 2.75) is 13.2 Å². The summed E-state index contributed by atoms with van der Waals surface area (Å²) in [6, 6.07) is 0. The van der Waals surface area contributed by atoms with Gasteiger partial charge in [-0.25, -0.2) is 4.79 Å². The molecule has 2 rings (SSSR count). The number of fused-ring (bicyclic) bond motifs is 1. The van der Waals surface area contributed by atoms with Crippen molar-refractivity contribution in [1.29, 1.82) is 0 Å². The maximum atomic E-state index is 11.5. The number of hydrogen-bond acceptors (Lipinski definition) is 6. The molecule has 0 aromatic heterocycles. The molecule has 0 fully saturated rings. The van der Waals surface area contributed by atoms with Gasteiger partial charge in [-0.3, -0.25) is 4.79 Å². The first-order chi connectivity index (χ1) is 8.02. The third kappa shape index (κ3) is 1.38. The fourth-order valence-electron chi connectivity index (χ4n) is 1.93. The Labute approximate surface area is 96.4 Å². The van der Waals surface area contributed by atoms with Crippen LogP contribution in [0.3, 0.4) is 0 Å². The van der Waals surface area contributed by atoms with Gasteiger partial charge in [0.2, 0.25) is 6.29 Å². The van der Waals surface area contributed by atoms with Crippen LogP contribution in [0.1, 0.15) is 38.1 Å². The number of esters is 1. The van der Waals surface area contributed by atoms with Crippen LogP contribution in [-0.4, -0.2) is 29.6 Å². The lowest BCUT2D eigenvalue weighted by molar-refractivity contribution is -0.0550. The van der Waals surface area contributed by atoms with Gasteiger partial charge in [0.15, 0.2) is 6.29 Å². The maximum Gasteiger partial charge on any atom is 0.345 e. The van der Waals surface area contributed by atoms with Gasteiger partial charge in [0.05, 0.1) is 18.2 Å². The van der Waals surface area contributed by atoms with Crippen LogP contribution in [0.4, 0.5) is 0 Å². The number of ether oxygens (including phenoxy) is 2. The first-order valence-electron chi connectivity index (χ1n) is 4.80. The van der Waals surface area contributed by atoms with Gasteiger partial charge < -0.3 is 19.7 Å². The Morgan fingerprint density at radius 3 is 2.65 bits per heavy atom. The zero-order valence-electron chi connectivity index (χ0n) is 9.18. The zero-order valence-corrected chi connectivity index (χ0v) is 9.18. The summed E-state index contributed by atoms with van der Waals surface area (Å²) in [5, 5.41) is 19.3. The molecule has 1 heterocycles. The molecule has 0 saturated carbocycles. The third-order valence-corrected chi connectivity index (χ3v) is 2.73. The van der Waals surface area contributed by atoms with Crippen LogP contribution < -0.4 is 4.74 Å². The molecule has 0 aliphatic carbocycles. The highest BCUT2D eigenvalue weighted by molar-refractivity contribution is 6.01. The normalized spacial score (nSPS) is 17.6. The minimum Gasteiger partial charge on any atom is -0.507 e. The fraction of sp³-hybridized carbons (Fsp3) is 0.273. The number of carbonyl (C=O) groups excluding carboxylic acids is 2. The van der Waals surface area contributed by atoms with E-state index in [9.17, 15) is 19.8 Å². The van der Waals surface area contributed by atoms with Gasteiger partial charge in [0, 0.05) is 5.56 Å². The number of aromatic hydroxyl groups is 1. The van der Waals surface area contributed by atoms with Gasteiger partial charge in [0.1, 0.15) is 17.1 Å². The molecule has 0 bridgehead atoms. The molecule has 0 radical (unpaired) electrons. The molecule has 6 heteroatoms. The second kappa shape index (κ2) is 3.74. The van der Waals surface area contributed by atoms with Crippen LogP contribution in [0, 0.1) is 6.92 Å². The lowest BCUT2D eigenvalue weighted by atomic mass is 9.97. The molecule has 1 atom stereocenters. The number of carbonyl (C=O) groups is 2. The number of phenolic OH excluding ortho intramolecular Hbond substituents is 1. The van der Waals surface area contributed by atoms with Crippen molar-refractivity contribution in [3.8, 4) is 11.5 Å². The molecule has 6 nitrogen and oxygen atoms in total. The molecule has 1 aromatic carbocycles. The molecular weight excluding hydrogens is 228 g/mol. The molecular formula is C11H10O6. The molecule has 2 N–H and O–H groups in total. The summed E-state index contributed by atoms with van der Waals surface area (Å²) in [6.45, 7) is 1.50. The van der Waals surface area contributed by atoms with E-state index in [1.165, 1.54) is 14.0 Å². The van der Waals surface area contributed by atoms with Gasteiger partial charge in [-0.1, -0.05) is 0 Å². The average molecular weight is 238 g/mol. The summed E-state index contributed by atoms with van der Waals surface area (Å²) >= 11 is 0. The van der Waals surface area contributed by atoms with E-state index in [1.54, 1.807) is 0 Å². The van der Waals surface area contributed by atoms with Crippen LogP contribution >= 0.6 is 0 Å². The summed E-state index contributed by atoms with van der Waals surface area (Å²) in [5.41, 5.74) is 0.0263. The number of aldehydes is 1. The van der Waals surface area contributed by atoms with Crippen LogP contribution in [0.2, 0.25) is 0 Å². The summed E-state index contributed by atoms with van der Waals surface area (Å²) in [5.74, 6) is -1.01. The number of cyclic esters (lactones) is 1. The van der Waals surface area contributed by atoms with Crippen molar-refractivity contribution in [3.63, 3.8) is 0 Å². The largest absolute Gasteiger partial charge is 0.507 e. The fourth-order valence-corrected chi connectivity index (χ4v) is 1.93. The highest BCUT2D eigenvalue weighted by Gasteiger charge is 2.38. The second-order valence-electron chi connectivity index (χ2n) is 3.58. The van der Waals surface area contributed by atoms with Crippen molar-refractivity contribution < 1.29 is 29.3 Å². The van der Waals surface area contributed by atoms with Gasteiger partial charge in [-0.15, -0.1) is 0 Å². The number of benzene rings is 1. The third-order valence-electron chi connectivity index (χ3n) is 2.73. The smallest absolute Gasteiger partial charge is 0.345 e. The monoisotopic (exact) mass is 238 g/mol. The van der Waals surface area contributed by atoms with Crippen LogP contribution in [0.5, 0.6) is 11.5 Å². The molecule has 0 saturated heterocycles. The number of phenols is 1. The second-order valence-corrected chi connectivity index (χ2v) is 3.58. The van der Waals surface area contributed by atoms with Gasteiger partial charge in [0.25, 0.3) is 0 Å². The van der Waals surface area contributed by atoms with E-state index >= 15 is 0 Å². The Morgan fingerprint density at radius 2 is 2.12 bits per heavy atom. The SMILES string of the molecule is COc1c(C)c(O)c(C=O)c2c1C(=O)O[C@@H]2O. The standard InChI is InChI=1S/C11H10O6/c1-4-8(13)5(3-12)6-7(9(4)16-2)11(15)17-10(6)14/h3,10,13-14H,1-2H3/t10-/m0/s1. The van der Waals surface area contributed by atoms with Gasteiger partial charge in [-0.2, -0.15) is 0 Å². The lowest BCUT2D eigenvalue weighted by Gasteiger charge is -2.13. The van der Waals surface area contributed by atoms with E-state index in [-0.39, 0.29) is 33.8 Å². The van der Waals surface area contributed by atoms with E-state index in [0.717, 1.165) is 0 Å². The molecule has 1 aliphatic rings. The summed E-state index contributed by atoms with van der Waals surface area (Å²) in [6.07, 6.45) is -1.19. The Kier molecular flexibility index (Phi) is 2.51. The van der Waals surface area contributed by atoms with Gasteiger partial charge >= 0.3 is 5.97 Å². The Balaban J connectivity index is 2.90. The minimum absolute atomic E-state index is 0.0163.